The van der Waals surface area contributed by atoms with Crippen LogP contribution < -0.4 is 5.32 Å². The quantitative estimate of drug-likeness (QED) is 0.762. The van der Waals surface area contributed by atoms with Crippen LogP contribution in [0.25, 0.3) is 6.08 Å². The molecule has 6 heteroatoms. The minimum absolute atomic E-state index is 0.135. The Balaban J connectivity index is 1.77. The number of hydrogen-bond acceptors (Lipinski definition) is 4. The minimum Gasteiger partial charge on any atom is -0.367 e. The van der Waals surface area contributed by atoms with Gasteiger partial charge in [-0.1, -0.05) is 48.0 Å². The molecule has 128 valence electrons. The van der Waals surface area contributed by atoms with Gasteiger partial charge in [0.15, 0.2) is 0 Å². The Bertz CT molecular complexity index is 859. The standard InChI is InChI=1S/C19H17ClN2O2S/c1-12-6-5-7-13(2)17(12)21-11-22-18(23)16(25-19(22)24)10-14-8-3-4-9-15(14)20/h3-10,21H,11H2,1-2H3. The number of halogens is 1. The van der Waals surface area contributed by atoms with E-state index in [0.29, 0.717) is 9.93 Å². The van der Waals surface area contributed by atoms with Crippen LogP contribution in [-0.2, 0) is 4.79 Å². The fourth-order valence-corrected chi connectivity index (χ4v) is 3.64. The molecule has 0 radical (unpaired) electrons. The van der Waals surface area contributed by atoms with Crippen molar-refractivity contribution in [2.24, 2.45) is 0 Å². The third-order valence-corrected chi connectivity index (χ3v) is 5.21. The molecule has 4 nitrogen and oxygen atoms in total. The zero-order valence-corrected chi connectivity index (χ0v) is 15.4. The lowest BCUT2D eigenvalue weighted by Crippen LogP contribution is -2.33. The Morgan fingerprint density at radius 1 is 1.08 bits per heavy atom. The van der Waals surface area contributed by atoms with Gasteiger partial charge in [0.05, 0.1) is 11.6 Å². The van der Waals surface area contributed by atoms with E-state index in [-0.39, 0.29) is 17.8 Å². The maximum Gasteiger partial charge on any atom is 0.295 e. The number of benzene rings is 2. The monoisotopic (exact) mass is 372 g/mol. The molecule has 1 N–H and O–H groups in total. The summed E-state index contributed by atoms with van der Waals surface area (Å²) >= 11 is 7.05. The molecule has 2 aromatic rings. The van der Waals surface area contributed by atoms with Crippen molar-refractivity contribution in [1.29, 1.82) is 0 Å². The number of anilines is 1. The summed E-state index contributed by atoms with van der Waals surface area (Å²) in [7, 11) is 0. The van der Waals surface area contributed by atoms with Crippen LogP contribution in [0.3, 0.4) is 0 Å². The minimum atomic E-state index is -0.311. The Morgan fingerprint density at radius 2 is 1.76 bits per heavy atom. The second-order valence-corrected chi connectivity index (χ2v) is 7.13. The summed E-state index contributed by atoms with van der Waals surface area (Å²) < 4.78 is 0. The van der Waals surface area contributed by atoms with Gasteiger partial charge in [0.2, 0.25) is 0 Å². The molecule has 1 saturated heterocycles. The number of nitrogens with zero attached hydrogens (tertiary/aromatic N) is 1. The number of hydrogen-bond donors (Lipinski definition) is 1. The highest BCUT2D eigenvalue weighted by Crippen LogP contribution is 2.33. The van der Waals surface area contributed by atoms with Crippen LogP contribution in [0.5, 0.6) is 0 Å². The van der Waals surface area contributed by atoms with E-state index >= 15 is 0 Å². The van der Waals surface area contributed by atoms with Crippen molar-refractivity contribution in [3.63, 3.8) is 0 Å². The second kappa shape index (κ2) is 7.33. The molecular weight excluding hydrogens is 356 g/mol. The Kier molecular flexibility index (Phi) is 5.16. The van der Waals surface area contributed by atoms with Crippen LogP contribution in [0.15, 0.2) is 47.4 Å². The normalized spacial score (nSPS) is 16.0. The maximum absolute atomic E-state index is 12.6. The van der Waals surface area contributed by atoms with Crippen molar-refractivity contribution < 1.29 is 9.59 Å². The third kappa shape index (κ3) is 3.72. The Hall–Kier alpha value is -2.24. The van der Waals surface area contributed by atoms with Crippen LogP contribution in [0, 0.1) is 13.8 Å². The molecule has 0 saturated carbocycles. The zero-order valence-electron chi connectivity index (χ0n) is 13.9. The lowest BCUT2D eigenvalue weighted by Gasteiger charge is -2.17. The average Bonchev–Trinajstić information content (AvgIpc) is 2.83. The highest BCUT2D eigenvalue weighted by Gasteiger charge is 2.35. The summed E-state index contributed by atoms with van der Waals surface area (Å²) in [5.41, 5.74) is 3.80. The molecule has 1 aliphatic heterocycles. The summed E-state index contributed by atoms with van der Waals surface area (Å²) in [4.78, 5) is 26.4. The van der Waals surface area contributed by atoms with Crippen molar-refractivity contribution in [2.45, 2.75) is 13.8 Å². The Labute approximate surface area is 155 Å². The van der Waals surface area contributed by atoms with Gasteiger partial charge in [-0.05, 0) is 54.4 Å². The first-order chi connectivity index (χ1) is 12.0. The molecule has 1 fully saturated rings. The van der Waals surface area contributed by atoms with E-state index in [1.54, 1.807) is 12.1 Å². The van der Waals surface area contributed by atoms with Gasteiger partial charge in [-0.2, -0.15) is 0 Å². The fourth-order valence-electron chi connectivity index (χ4n) is 2.62. The summed E-state index contributed by atoms with van der Waals surface area (Å²) in [6.07, 6.45) is 1.66. The summed E-state index contributed by atoms with van der Waals surface area (Å²) in [5, 5.41) is 3.45. The van der Waals surface area contributed by atoms with Crippen LogP contribution in [0.4, 0.5) is 10.5 Å². The first-order valence-corrected chi connectivity index (χ1v) is 8.97. The van der Waals surface area contributed by atoms with Gasteiger partial charge in [0.1, 0.15) is 0 Å². The smallest absolute Gasteiger partial charge is 0.295 e. The van der Waals surface area contributed by atoms with Crippen LogP contribution in [0.2, 0.25) is 5.02 Å². The van der Waals surface area contributed by atoms with Crippen molar-refractivity contribution in [3.8, 4) is 0 Å². The highest BCUT2D eigenvalue weighted by atomic mass is 35.5. The van der Waals surface area contributed by atoms with E-state index in [1.807, 2.05) is 50.2 Å². The molecular formula is C19H17ClN2O2S. The number of para-hydroxylation sites is 1. The van der Waals surface area contributed by atoms with Gasteiger partial charge in [-0.3, -0.25) is 14.5 Å². The fraction of sp³-hybridized carbons (Fsp3) is 0.158. The molecule has 0 atom stereocenters. The SMILES string of the molecule is Cc1cccc(C)c1NCN1C(=O)SC(=Cc2ccccc2Cl)C1=O. The predicted molar refractivity (Wildman–Crippen MR) is 104 cm³/mol. The second-order valence-electron chi connectivity index (χ2n) is 5.73. The molecule has 1 aliphatic rings. The molecule has 0 spiro atoms. The van der Waals surface area contributed by atoms with Crippen molar-refractivity contribution >= 4 is 46.3 Å². The van der Waals surface area contributed by atoms with Gasteiger partial charge >= 0.3 is 0 Å². The topological polar surface area (TPSA) is 49.4 Å². The molecule has 0 bridgehead atoms. The lowest BCUT2D eigenvalue weighted by atomic mass is 10.1. The average molecular weight is 373 g/mol. The number of carbonyl (C=O) groups is 2. The van der Waals surface area contributed by atoms with Gasteiger partial charge < -0.3 is 5.32 Å². The maximum atomic E-state index is 12.6. The molecule has 1 heterocycles. The number of thioether (sulfide) groups is 1. The van der Waals surface area contributed by atoms with E-state index in [4.69, 9.17) is 11.6 Å². The molecule has 3 rings (SSSR count). The largest absolute Gasteiger partial charge is 0.367 e. The van der Waals surface area contributed by atoms with Crippen molar-refractivity contribution in [1.82, 2.24) is 4.90 Å². The molecule has 2 amide bonds. The van der Waals surface area contributed by atoms with Crippen LogP contribution >= 0.6 is 23.4 Å². The molecule has 0 aliphatic carbocycles. The van der Waals surface area contributed by atoms with E-state index in [9.17, 15) is 9.59 Å². The number of nitrogens with one attached hydrogen (secondary N) is 1. The number of aryl methyl sites for hydroxylation is 2. The van der Waals surface area contributed by atoms with Gasteiger partial charge in [0.25, 0.3) is 11.1 Å². The van der Waals surface area contributed by atoms with E-state index < -0.39 is 0 Å². The molecule has 2 aromatic carbocycles. The molecule has 25 heavy (non-hydrogen) atoms. The molecule has 0 aromatic heterocycles. The first kappa shape index (κ1) is 17.6. The van der Waals surface area contributed by atoms with Crippen molar-refractivity contribution in [2.75, 3.05) is 12.0 Å². The molecule has 0 unspecified atom stereocenters. The summed E-state index contributed by atoms with van der Waals surface area (Å²) in [6.45, 7) is 4.11. The van der Waals surface area contributed by atoms with Crippen LogP contribution in [0.1, 0.15) is 16.7 Å². The Morgan fingerprint density at radius 3 is 2.44 bits per heavy atom. The number of imide groups is 1. The van der Waals surface area contributed by atoms with Gasteiger partial charge in [0, 0.05) is 10.7 Å². The van der Waals surface area contributed by atoms with E-state index in [2.05, 4.69) is 5.32 Å². The van der Waals surface area contributed by atoms with E-state index in [0.717, 1.165) is 34.1 Å². The zero-order chi connectivity index (χ0) is 18.0. The number of rotatable bonds is 4. The third-order valence-electron chi connectivity index (χ3n) is 3.96. The van der Waals surface area contributed by atoms with Crippen LogP contribution in [-0.4, -0.2) is 22.7 Å². The van der Waals surface area contributed by atoms with Gasteiger partial charge in [-0.25, -0.2) is 0 Å². The van der Waals surface area contributed by atoms with Gasteiger partial charge in [-0.15, -0.1) is 0 Å². The first-order valence-electron chi connectivity index (χ1n) is 7.77. The number of carbonyl (C=O) groups excluding carboxylic acids is 2. The van der Waals surface area contributed by atoms with E-state index in [1.165, 1.54) is 4.90 Å². The van der Waals surface area contributed by atoms with Crippen molar-refractivity contribution in [3.05, 3.63) is 69.1 Å². The predicted octanol–water partition coefficient (Wildman–Crippen LogP) is 5.06. The highest BCUT2D eigenvalue weighted by molar-refractivity contribution is 8.18. The lowest BCUT2D eigenvalue weighted by molar-refractivity contribution is -0.122. The number of amides is 2. The summed E-state index contributed by atoms with van der Waals surface area (Å²) in [5.74, 6) is -0.311. The summed E-state index contributed by atoms with van der Waals surface area (Å²) in [6, 6.07) is 13.2.